The Hall–Kier alpha value is -1.37. The Labute approximate surface area is 113 Å². The lowest BCUT2D eigenvalue weighted by atomic mass is 10.1. The fourth-order valence-corrected chi connectivity index (χ4v) is 1.94. The van der Waals surface area contributed by atoms with Gasteiger partial charge >= 0.3 is 0 Å². The van der Waals surface area contributed by atoms with Crippen LogP contribution in [0.25, 0.3) is 0 Å². The van der Waals surface area contributed by atoms with E-state index < -0.39 is 0 Å². The Balaban J connectivity index is 2.17. The molecule has 0 atom stereocenters. The molecule has 2 rings (SSSR count). The topological polar surface area (TPSA) is 46.9 Å². The van der Waals surface area contributed by atoms with Gasteiger partial charge in [0.2, 0.25) is 0 Å². The predicted molar refractivity (Wildman–Crippen MR) is 75.1 cm³/mol. The third-order valence-corrected chi connectivity index (χ3v) is 3.56. The molecule has 1 aromatic carbocycles. The number of nitrogens with zero attached hydrogens (tertiary/aromatic N) is 2. The maximum absolute atomic E-state index is 11.9. The Morgan fingerprint density at radius 1 is 1.47 bits per heavy atom. The molecule has 4 nitrogen and oxygen atoms in total. The summed E-state index contributed by atoms with van der Waals surface area (Å²) in [4.78, 5) is 11.9. The SMILES string of the molecule is Cc1ccc(C(=O)Nc2cnn(C)c2)cc1I. The van der Waals surface area contributed by atoms with Crippen molar-refractivity contribution in [3.05, 3.63) is 45.3 Å². The highest BCUT2D eigenvalue weighted by Crippen LogP contribution is 2.15. The van der Waals surface area contributed by atoms with E-state index in [1.54, 1.807) is 17.1 Å². The molecule has 17 heavy (non-hydrogen) atoms. The number of aromatic nitrogens is 2. The van der Waals surface area contributed by atoms with Crippen LogP contribution in [0.15, 0.2) is 30.6 Å². The number of carbonyl (C=O) groups excluding carboxylic acids is 1. The summed E-state index contributed by atoms with van der Waals surface area (Å²) >= 11 is 2.22. The zero-order valence-electron chi connectivity index (χ0n) is 9.57. The average molecular weight is 341 g/mol. The van der Waals surface area contributed by atoms with Crippen LogP contribution in [-0.2, 0) is 7.05 Å². The Morgan fingerprint density at radius 2 is 2.24 bits per heavy atom. The van der Waals surface area contributed by atoms with Gasteiger partial charge in [-0.1, -0.05) is 6.07 Å². The number of benzene rings is 1. The molecular weight excluding hydrogens is 329 g/mol. The van der Waals surface area contributed by atoms with Gasteiger partial charge < -0.3 is 5.32 Å². The highest BCUT2D eigenvalue weighted by molar-refractivity contribution is 14.1. The molecule has 88 valence electrons. The van der Waals surface area contributed by atoms with E-state index in [9.17, 15) is 4.79 Å². The minimum atomic E-state index is -0.115. The van der Waals surface area contributed by atoms with Crippen molar-refractivity contribution in [1.82, 2.24) is 9.78 Å². The van der Waals surface area contributed by atoms with E-state index in [2.05, 4.69) is 33.0 Å². The quantitative estimate of drug-likeness (QED) is 0.854. The second-order valence-corrected chi connectivity index (χ2v) is 4.98. The lowest BCUT2D eigenvalue weighted by molar-refractivity contribution is 0.102. The van der Waals surface area contributed by atoms with Gasteiger partial charge in [0.15, 0.2) is 0 Å². The molecule has 0 radical (unpaired) electrons. The number of hydrogen-bond donors (Lipinski definition) is 1. The molecule has 0 unspecified atom stereocenters. The Kier molecular flexibility index (Phi) is 3.46. The molecule has 2 aromatic rings. The minimum absolute atomic E-state index is 0.115. The summed E-state index contributed by atoms with van der Waals surface area (Å²) in [6, 6.07) is 5.64. The highest BCUT2D eigenvalue weighted by Gasteiger charge is 2.08. The lowest BCUT2D eigenvalue weighted by Gasteiger charge is -2.04. The first-order valence-corrected chi connectivity index (χ1v) is 6.20. The van der Waals surface area contributed by atoms with E-state index in [0.29, 0.717) is 11.3 Å². The number of anilines is 1. The first-order chi connectivity index (χ1) is 8.06. The second kappa shape index (κ2) is 4.87. The number of nitrogens with one attached hydrogen (secondary N) is 1. The van der Waals surface area contributed by atoms with Crippen LogP contribution in [-0.4, -0.2) is 15.7 Å². The summed E-state index contributed by atoms with van der Waals surface area (Å²) in [7, 11) is 1.81. The van der Waals surface area contributed by atoms with Crippen LogP contribution in [0.1, 0.15) is 15.9 Å². The van der Waals surface area contributed by atoms with Gasteiger partial charge in [0.25, 0.3) is 5.91 Å². The van der Waals surface area contributed by atoms with E-state index in [0.717, 1.165) is 3.57 Å². The fourth-order valence-electron chi connectivity index (χ4n) is 1.42. The van der Waals surface area contributed by atoms with E-state index in [1.165, 1.54) is 5.56 Å². The molecule has 1 heterocycles. The van der Waals surface area contributed by atoms with Crippen LogP contribution < -0.4 is 5.32 Å². The average Bonchev–Trinajstić information content (AvgIpc) is 2.68. The zero-order chi connectivity index (χ0) is 12.4. The smallest absolute Gasteiger partial charge is 0.255 e. The van der Waals surface area contributed by atoms with Gasteiger partial charge in [0.1, 0.15) is 0 Å². The number of halogens is 1. The van der Waals surface area contributed by atoms with Crippen molar-refractivity contribution in [3.63, 3.8) is 0 Å². The summed E-state index contributed by atoms with van der Waals surface area (Å²) in [5.41, 5.74) is 2.53. The number of carbonyl (C=O) groups is 1. The molecule has 0 fully saturated rings. The predicted octanol–water partition coefficient (Wildman–Crippen LogP) is 2.59. The molecule has 1 aromatic heterocycles. The number of hydrogen-bond acceptors (Lipinski definition) is 2. The summed E-state index contributed by atoms with van der Waals surface area (Å²) < 4.78 is 2.73. The van der Waals surface area contributed by atoms with Gasteiger partial charge in [-0.25, -0.2) is 0 Å². The molecule has 0 saturated carbocycles. The Bertz CT molecular complexity index is 563. The van der Waals surface area contributed by atoms with Crippen LogP contribution in [0, 0.1) is 10.5 Å². The zero-order valence-corrected chi connectivity index (χ0v) is 11.7. The third kappa shape index (κ3) is 2.85. The highest BCUT2D eigenvalue weighted by atomic mass is 127. The van der Waals surface area contributed by atoms with E-state index in [-0.39, 0.29) is 5.91 Å². The van der Waals surface area contributed by atoms with Gasteiger partial charge in [0.05, 0.1) is 11.9 Å². The maximum atomic E-state index is 11.9. The van der Waals surface area contributed by atoms with Crippen LogP contribution in [0.2, 0.25) is 0 Å². The van der Waals surface area contributed by atoms with Gasteiger partial charge in [-0.3, -0.25) is 9.48 Å². The van der Waals surface area contributed by atoms with Crippen molar-refractivity contribution in [1.29, 1.82) is 0 Å². The Morgan fingerprint density at radius 3 is 2.82 bits per heavy atom. The molecule has 0 aliphatic heterocycles. The molecule has 0 spiro atoms. The second-order valence-electron chi connectivity index (χ2n) is 3.82. The van der Waals surface area contributed by atoms with Crippen LogP contribution in [0.3, 0.4) is 0 Å². The largest absolute Gasteiger partial charge is 0.319 e. The third-order valence-electron chi connectivity index (χ3n) is 2.40. The minimum Gasteiger partial charge on any atom is -0.319 e. The van der Waals surface area contributed by atoms with Crippen molar-refractivity contribution >= 4 is 34.2 Å². The number of aryl methyl sites for hydroxylation is 2. The summed E-state index contributed by atoms with van der Waals surface area (Å²) in [6.07, 6.45) is 3.38. The molecule has 0 aliphatic carbocycles. The van der Waals surface area contributed by atoms with Crippen LogP contribution in [0.5, 0.6) is 0 Å². The normalized spacial score (nSPS) is 10.3. The first kappa shape index (κ1) is 12.1. The molecule has 1 N–H and O–H groups in total. The van der Waals surface area contributed by atoms with E-state index >= 15 is 0 Å². The van der Waals surface area contributed by atoms with Crippen molar-refractivity contribution in [2.75, 3.05) is 5.32 Å². The van der Waals surface area contributed by atoms with Gasteiger partial charge in [-0.05, 0) is 47.2 Å². The lowest BCUT2D eigenvalue weighted by Crippen LogP contribution is -2.11. The van der Waals surface area contributed by atoms with Gasteiger partial charge in [0, 0.05) is 22.4 Å². The summed E-state index contributed by atoms with van der Waals surface area (Å²) in [5, 5.41) is 6.80. The molecule has 5 heteroatoms. The standard InChI is InChI=1S/C12H12IN3O/c1-8-3-4-9(5-11(8)13)12(17)15-10-6-14-16(2)7-10/h3-7H,1-2H3,(H,15,17). The molecular formula is C12H12IN3O. The molecule has 0 bridgehead atoms. The van der Waals surface area contributed by atoms with E-state index in [4.69, 9.17) is 0 Å². The number of amides is 1. The number of rotatable bonds is 2. The molecule has 1 amide bonds. The van der Waals surface area contributed by atoms with Crippen molar-refractivity contribution in [2.45, 2.75) is 6.92 Å². The van der Waals surface area contributed by atoms with Crippen LogP contribution in [0.4, 0.5) is 5.69 Å². The van der Waals surface area contributed by atoms with Gasteiger partial charge in [-0.2, -0.15) is 5.10 Å². The van der Waals surface area contributed by atoms with E-state index in [1.807, 2.05) is 32.2 Å². The molecule has 0 aliphatic rings. The molecule has 0 saturated heterocycles. The van der Waals surface area contributed by atoms with Gasteiger partial charge in [-0.15, -0.1) is 0 Å². The summed E-state index contributed by atoms with van der Waals surface area (Å²) in [5.74, 6) is -0.115. The van der Waals surface area contributed by atoms with Crippen molar-refractivity contribution in [2.24, 2.45) is 7.05 Å². The maximum Gasteiger partial charge on any atom is 0.255 e. The van der Waals surface area contributed by atoms with Crippen molar-refractivity contribution in [3.8, 4) is 0 Å². The first-order valence-electron chi connectivity index (χ1n) is 5.12. The monoisotopic (exact) mass is 341 g/mol. The fraction of sp³-hybridized carbons (Fsp3) is 0.167. The van der Waals surface area contributed by atoms with Crippen molar-refractivity contribution < 1.29 is 4.79 Å². The summed E-state index contributed by atoms with van der Waals surface area (Å²) in [6.45, 7) is 2.02. The van der Waals surface area contributed by atoms with Crippen LogP contribution >= 0.6 is 22.6 Å².